The van der Waals surface area contributed by atoms with Crippen LogP contribution in [0.3, 0.4) is 0 Å². The molecule has 4 atom stereocenters. The number of hydrogen-bond donors (Lipinski definition) is 1. The minimum atomic E-state index is 0.000191. The van der Waals surface area contributed by atoms with Crippen molar-refractivity contribution in [3.8, 4) is 0 Å². The second-order valence-corrected chi connectivity index (χ2v) is 7.46. The average molecular weight is 292 g/mol. The van der Waals surface area contributed by atoms with Crippen molar-refractivity contribution in [2.24, 2.45) is 11.8 Å². The van der Waals surface area contributed by atoms with Gasteiger partial charge in [-0.05, 0) is 36.1 Å². The van der Waals surface area contributed by atoms with E-state index >= 15 is 0 Å². The number of amides is 1. The largest absolute Gasteiger partial charge is 0.317 e. The van der Waals surface area contributed by atoms with Gasteiger partial charge in [0, 0.05) is 10.9 Å². The van der Waals surface area contributed by atoms with Crippen LogP contribution in [0.1, 0.15) is 51.1 Å². The highest BCUT2D eigenvalue weighted by molar-refractivity contribution is 7.10. The Morgan fingerprint density at radius 2 is 2.30 bits per heavy atom. The number of nitrogens with one attached hydrogen (secondary N) is 1. The Kier molecular flexibility index (Phi) is 3.87. The zero-order valence-corrected chi connectivity index (χ0v) is 13.3. The van der Waals surface area contributed by atoms with Gasteiger partial charge in [0.1, 0.15) is 6.17 Å². The lowest BCUT2D eigenvalue weighted by atomic mass is 10.0. The monoisotopic (exact) mass is 292 g/mol. The smallest absolute Gasteiger partial charge is 0.241 e. The van der Waals surface area contributed by atoms with Crippen molar-refractivity contribution in [2.75, 3.05) is 0 Å². The molecule has 1 aromatic heterocycles. The molecule has 0 spiro atoms. The Balaban J connectivity index is 1.81. The predicted molar refractivity (Wildman–Crippen MR) is 82.5 cm³/mol. The molecule has 3 rings (SSSR count). The summed E-state index contributed by atoms with van der Waals surface area (Å²) in [6.07, 6.45) is 3.40. The third-order valence-electron chi connectivity index (χ3n) is 4.48. The van der Waals surface area contributed by atoms with E-state index in [0.717, 1.165) is 6.42 Å². The third kappa shape index (κ3) is 2.51. The van der Waals surface area contributed by atoms with E-state index in [0.29, 0.717) is 23.8 Å². The molecule has 2 aliphatic rings. The lowest BCUT2D eigenvalue weighted by Gasteiger charge is -2.23. The number of rotatable bonds is 5. The number of carbonyl (C=O) groups excluding carboxylic acids is 1. The Morgan fingerprint density at radius 1 is 1.50 bits per heavy atom. The molecule has 0 aromatic carbocycles. The van der Waals surface area contributed by atoms with Crippen molar-refractivity contribution >= 4 is 17.2 Å². The SMILES string of the molecule is CCC1CC1N1C(=O)C(CC(C)C)NC1c1cccs1. The van der Waals surface area contributed by atoms with E-state index in [1.54, 1.807) is 11.3 Å². The van der Waals surface area contributed by atoms with Crippen LogP contribution in [-0.2, 0) is 4.79 Å². The van der Waals surface area contributed by atoms with Gasteiger partial charge in [0.05, 0.1) is 6.04 Å². The molecular formula is C16H24N2OS. The Hall–Kier alpha value is -0.870. The zero-order chi connectivity index (χ0) is 14.3. The molecule has 1 N–H and O–H groups in total. The number of nitrogens with zero attached hydrogens (tertiary/aromatic N) is 1. The van der Waals surface area contributed by atoms with Crippen LogP contribution in [0.15, 0.2) is 17.5 Å². The fourth-order valence-electron chi connectivity index (χ4n) is 3.32. The standard InChI is InChI=1S/C16H24N2OS/c1-4-11-9-13(11)18-15(14-6-5-7-20-14)17-12(16(18)19)8-10(2)3/h5-7,10-13,15,17H,4,8-9H2,1-3H3. The minimum Gasteiger partial charge on any atom is -0.317 e. The fraction of sp³-hybridized carbons (Fsp3) is 0.688. The van der Waals surface area contributed by atoms with Crippen LogP contribution in [0.5, 0.6) is 0 Å². The summed E-state index contributed by atoms with van der Waals surface area (Å²) in [5, 5.41) is 5.67. The second-order valence-electron chi connectivity index (χ2n) is 6.48. The normalized spacial score (nSPS) is 33.2. The van der Waals surface area contributed by atoms with Gasteiger partial charge in [-0.1, -0.05) is 33.3 Å². The van der Waals surface area contributed by atoms with Gasteiger partial charge >= 0.3 is 0 Å². The molecule has 4 unspecified atom stereocenters. The molecule has 1 aromatic rings. The summed E-state index contributed by atoms with van der Waals surface area (Å²) in [5.41, 5.74) is 0. The molecule has 2 fully saturated rings. The van der Waals surface area contributed by atoms with Crippen molar-refractivity contribution in [1.82, 2.24) is 10.2 Å². The summed E-state index contributed by atoms with van der Waals surface area (Å²) >= 11 is 1.74. The first-order valence-electron chi connectivity index (χ1n) is 7.73. The Morgan fingerprint density at radius 3 is 2.85 bits per heavy atom. The van der Waals surface area contributed by atoms with Crippen LogP contribution in [0.4, 0.5) is 0 Å². The Labute approximate surface area is 125 Å². The fourth-order valence-corrected chi connectivity index (χ4v) is 4.10. The van der Waals surface area contributed by atoms with Crippen molar-refractivity contribution < 1.29 is 4.79 Å². The van der Waals surface area contributed by atoms with Crippen molar-refractivity contribution in [1.29, 1.82) is 0 Å². The van der Waals surface area contributed by atoms with E-state index in [2.05, 4.69) is 48.5 Å². The van der Waals surface area contributed by atoms with Gasteiger partial charge in [0.25, 0.3) is 0 Å². The second kappa shape index (κ2) is 5.49. The number of hydrogen-bond acceptors (Lipinski definition) is 3. The molecule has 1 amide bonds. The summed E-state index contributed by atoms with van der Waals surface area (Å²) in [4.78, 5) is 16.2. The quantitative estimate of drug-likeness (QED) is 0.902. The lowest BCUT2D eigenvalue weighted by molar-refractivity contribution is -0.131. The summed E-state index contributed by atoms with van der Waals surface area (Å²) < 4.78 is 0. The van der Waals surface area contributed by atoms with E-state index in [9.17, 15) is 4.79 Å². The molecule has 0 bridgehead atoms. The molecule has 0 radical (unpaired) electrons. The average Bonchev–Trinajstić information content (AvgIpc) is 2.83. The highest BCUT2D eigenvalue weighted by Crippen LogP contribution is 2.45. The van der Waals surface area contributed by atoms with Gasteiger partial charge in [-0.2, -0.15) is 0 Å². The van der Waals surface area contributed by atoms with Gasteiger partial charge in [-0.15, -0.1) is 11.3 Å². The molecule has 1 aliphatic carbocycles. The molecule has 1 saturated carbocycles. The van der Waals surface area contributed by atoms with Crippen LogP contribution in [-0.4, -0.2) is 22.9 Å². The van der Waals surface area contributed by atoms with Crippen LogP contribution in [0.2, 0.25) is 0 Å². The lowest BCUT2D eigenvalue weighted by Crippen LogP contribution is -2.34. The third-order valence-corrected chi connectivity index (χ3v) is 5.40. The van der Waals surface area contributed by atoms with Gasteiger partial charge in [-0.3, -0.25) is 10.1 Å². The highest BCUT2D eigenvalue weighted by Gasteiger charge is 2.51. The van der Waals surface area contributed by atoms with E-state index < -0.39 is 0 Å². The maximum atomic E-state index is 12.8. The molecule has 110 valence electrons. The minimum absolute atomic E-state index is 0.000191. The summed E-state index contributed by atoms with van der Waals surface area (Å²) in [7, 11) is 0. The topological polar surface area (TPSA) is 32.3 Å². The molecule has 1 saturated heterocycles. The first-order chi connectivity index (χ1) is 9.61. The van der Waals surface area contributed by atoms with Crippen LogP contribution in [0, 0.1) is 11.8 Å². The maximum Gasteiger partial charge on any atom is 0.241 e. The molecule has 4 heteroatoms. The van der Waals surface area contributed by atoms with Gasteiger partial charge < -0.3 is 4.90 Å². The number of thiophene rings is 1. The van der Waals surface area contributed by atoms with Crippen molar-refractivity contribution in [3.05, 3.63) is 22.4 Å². The first-order valence-corrected chi connectivity index (χ1v) is 8.61. The molecule has 20 heavy (non-hydrogen) atoms. The van der Waals surface area contributed by atoms with Crippen LogP contribution in [0.25, 0.3) is 0 Å². The van der Waals surface area contributed by atoms with Gasteiger partial charge in [-0.25, -0.2) is 0 Å². The molecule has 3 nitrogen and oxygen atoms in total. The highest BCUT2D eigenvalue weighted by atomic mass is 32.1. The maximum absolute atomic E-state index is 12.8. The van der Waals surface area contributed by atoms with E-state index in [4.69, 9.17) is 0 Å². The first kappa shape index (κ1) is 14.1. The summed E-state index contributed by atoms with van der Waals surface area (Å²) in [5.74, 6) is 1.57. The van der Waals surface area contributed by atoms with Gasteiger partial charge in [0.2, 0.25) is 5.91 Å². The number of carbonyl (C=O) groups is 1. The molecular weight excluding hydrogens is 268 g/mol. The zero-order valence-electron chi connectivity index (χ0n) is 12.5. The summed E-state index contributed by atoms with van der Waals surface area (Å²) in [6, 6.07) is 4.68. The molecule has 2 heterocycles. The van der Waals surface area contributed by atoms with Crippen LogP contribution >= 0.6 is 11.3 Å². The Bertz CT molecular complexity index is 471. The predicted octanol–water partition coefficient (Wildman–Crippen LogP) is 3.39. The van der Waals surface area contributed by atoms with Crippen molar-refractivity contribution in [3.63, 3.8) is 0 Å². The van der Waals surface area contributed by atoms with E-state index in [1.165, 1.54) is 17.7 Å². The van der Waals surface area contributed by atoms with Gasteiger partial charge in [0.15, 0.2) is 0 Å². The van der Waals surface area contributed by atoms with Crippen molar-refractivity contribution in [2.45, 2.75) is 58.3 Å². The van der Waals surface area contributed by atoms with E-state index in [1.807, 2.05) is 0 Å². The molecule has 1 aliphatic heterocycles. The summed E-state index contributed by atoms with van der Waals surface area (Å²) in [6.45, 7) is 6.60. The van der Waals surface area contributed by atoms with Crippen LogP contribution < -0.4 is 5.32 Å². The van der Waals surface area contributed by atoms with E-state index in [-0.39, 0.29) is 12.2 Å².